The Balaban J connectivity index is 1.20. The van der Waals surface area contributed by atoms with Crippen LogP contribution in [0.15, 0.2) is 54.7 Å². The number of carbonyl (C=O) groups excluding carboxylic acids is 1. The Kier molecular flexibility index (Phi) is 16.9. The first kappa shape index (κ1) is 41.4. The summed E-state index contributed by atoms with van der Waals surface area (Å²) in [6.07, 6.45) is 6.51. The monoisotopic (exact) mass is 749 g/mol. The molecule has 1 amide bonds. The van der Waals surface area contributed by atoms with Gasteiger partial charge in [-0.1, -0.05) is 41.6 Å². The van der Waals surface area contributed by atoms with E-state index in [1.165, 1.54) is 0 Å². The highest BCUT2D eigenvalue weighted by Gasteiger charge is 2.21. The molecule has 3 aromatic rings. The second-order valence-electron chi connectivity index (χ2n) is 13.0. The van der Waals surface area contributed by atoms with Gasteiger partial charge >= 0.3 is 17.9 Å². The number of carbonyl (C=O) groups is 4. The Morgan fingerprint density at radius 1 is 0.704 bits per heavy atom. The second kappa shape index (κ2) is 22.0. The van der Waals surface area contributed by atoms with Crippen LogP contribution in [0.3, 0.4) is 0 Å². The summed E-state index contributed by atoms with van der Waals surface area (Å²) >= 11 is 0. The van der Waals surface area contributed by atoms with E-state index in [1.54, 1.807) is 19.4 Å². The lowest BCUT2D eigenvalue weighted by atomic mass is 10.1. The molecule has 54 heavy (non-hydrogen) atoms. The summed E-state index contributed by atoms with van der Waals surface area (Å²) in [5, 5.41) is 42.6. The quantitative estimate of drug-likeness (QED) is 0.0911. The number of aliphatic carboxylic acids is 3. The van der Waals surface area contributed by atoms with Gasteiger partial charge < -0.3 is 30.7 Å². The number of anilines is 1. The van der Waals surface area contributed by atoms with Gasteiger partial charge in [-0.05, 0) is 41.8 Å². The summed E-state index contributed by atoms with van der Waals surface area (Å²) in [5.74, 6) is -2.51. The molecule has 4 rings (SSSR count). The third kappa shape index (κ3) is 15.7. The second-order valence-corrected chi connectivity index (χ2v) is 13.0. The summed E-state index contributed by atoms with van der Waals surface area (Å²) in [6, 6.07) is 15.9. The molecule has 1 aliphatic heterocycles. The van der Waals surface area contributed by atoms with Gasteiger partial charge in [0.05, 0.1) is 32.4 Å². The molecule has 0 spiro atoms. The summed E-state index contributed by atoms with van der Waals surface area (Å²) in [6.45, 7) is 3.24. The maximum atomic E-state index is 12.9. The molecule has 1 aromatic heterocycles. The highest BCUT2D eigenvalue weighted by Crippen LogP contribution is 2.17. The zero-order valence-corrected chi connectivity index (χ0v) is 30.7. The van der Waals surface area contributed by atoms with Crippen molar-refractivity contribution in [2.24, 2.45) is 0 Å². The lowest BCUT2D eigenvalue weighted by molar-refractivity contribution is -0.140. The molecule has 0 bridgehead atoms. The largest absolute Gasteiger partial charge is 0.487 e. The van der Waals surface area contributed by atoms with Gasteiger partial charge in [0.1, 0.15) is 18.1 Å². The molecule has 2 heterocycles. The molecule has 292 valence electrons. The number of carboxylic acid groups (broad SMARTS) is 3. The minimum Gasteiger partial charge on any atom is -0.487 e. The van der Waals surface area contributed by atoms with Crippen LogP contribution in [0.1, 0.15) is 23.2 Å². The Labute approximate surface area is 314 Å². The number of benzene rings is 2. The molecular formula is C37H51N9O8. The zero-order valence-electron chi connectivity index (χ0n) is 30.7. The van der Waals surface area contributed by atoms with Gasteiger partial charge in [-0.2, -0.15) is 0 Å². The molecular weight excluding hydrogens is 698 g/mol. The minimum absolute atomic E-state index is 0.0554. The van der Waals surface area contributed by atoms with E-state index in [4.69, 9.17) is 4.74 Å². The fourth-order valence-corrected chi connectivity index (χ4v) is 5.81. The van der Waals surface area contributed by atoms with E-state index >= 15 is 0 Å². The fourth-order valence-electron chi connectivity index (χ4n) is 5.81. The molecule has 0 atom stereocenters. The normalized spacial score (nSPS) is 15.6. The third-order valence-electron chi connectivity index (χ3n) is 8.78. The smallest absolute Gasteiger partial charge is 0.317 e. The van der Waals surface area contributed by atoms with Gasteiger partial charge in [0, 0.05) is 78.2 Å². The molecule has 0 radical (unpaired) electrons. The molecule has 1 aliphatic rings. The van der Waals surface area contributed by atoms with E-state index in [1.807, 2.05) is 60.6 Å². The van der Waals surface area contributed by atoms with Crippen molar-refractivity contribution in [3.05, 3.63) is 71.5 Å². The summed E-state index contributed by atoms with van der Waals surface area (Å²) in [5.41, 5.74) is 3.89. The Bertz CT molecular complexity index is 1630. The van der Waals surface area contributed by atoms with Crippen molar-refractivity contribution in [1.82, 2.24) is 39.9 Å². The topological polar surface area (TPSA) is 206 Å². The van der Waals surface area contributed by atoms with Gasteiger partial charge in [0.15, 0.2) is 0 Å². The van der Waals surface area contributed by atoms with Crippen LogP contribution in [-0.4, -0.2) is 166 Å². The van der Waals surface area contributed by atoms with Crippen molar-refractivity contribution in [3.8, 4) is 5.75 Å². The van der Waals surface area contributed by atoms with Crippen LogP contribution < -0.4 is 15.4 Å². The van der Waals surface area contributed by atoms with Crippen molar-refractivity contribution < 1.29 is 39.2 Å². The fraction of sp³-hybridized carbons (Fsp3) is 0.459. The third-order valence-corrected chi connectivity index (χ3v) is 8.78. The highest BCUT2D eigenvalue weighted by molar-refractivity contribution is 5.78. The molecule has 0 aliphatic carbocycles. The summed E-state index contributed by atoms with van der Waals surface area (Å²) in [4.78, 5) is 54.4. The summed E-state index contributed by atoms with van der Waals surface area (Å²) in [7, 11) is 1.89. The Hall–Kier alpha value is -5.36. The first-order valence-electron chi connectivity index (χ1n) is 17.9. The van der Waals surface area contributed by atoms with E-state index in [9.17, 15) is 34.5 Å². The molecule has 17 heteroatoms. The van der Waals surface area contributed by atoms with Crippen molar-refractivity contribution in [1.29, 1.82) is 0 Å². The minimum atomic E-state index is -1.01. The van der Waals surface area contributed by atoms with Gasteiger partial charge in [-0.3, -0.25) is 43.5 Å². The van der Waals surface area contributed by atoms with Crippen LogP contribution >= 0.6 is 0 Å². The number of ether oxygens (including phenoxy) is 1. The predicted octanol–water partition coefficient (Wildman–Crippen LogP) is 1.05. The molecule has 17 nitrogen and oxygen atoms in total. The van der Waals surface area contributed by atoms with Crippen LogP contribution in [0, 0.1) is 0 Å². The number of hydrogen-bond acceptors (Lipinski definition) is 12. The highest BCUT2D eigenvalue weighted by atomic mass is 16.5. The zero-order chi connectivity index (χ0) is 38.7. The number of aromatic nitrogens is 3. The lowest BCUT2D eigenvalue weighted by Gasteiger charge is -2.32. The molecule has 0 saturated carbocycles. The average molecular weight is 750 g/mol. The van der Waals surface area contributed by atoms with E-state index in [0.717, 1.165) is 16.8 Å². The first-order chi connectivity index (χ1) is 26.0. The van der Waals surface area contributed by atoms with Crippen LogP contribution in [0.4, 0.5) is 5.69 Å². The van der Waals surface area contributed by atoms with Gasteiger partial charge in [0.25, 0.3) is 0 Å². The Morgan fingerprint density at radius 3 is 1.63 bits per heavy atom. The van der Waals surface area contributed by atoms with Crippen molar-refractivity contribution in [2.45, 2.75) is 19.6 Å². The van der Waals surface area contributed by atoms with E-state index in [0.29, 0.717) is 83.3 Å². The van der Waals surface area contributed by atoms with Crippen LogP contribution in [0.25, 0.3) is 12.2 Å². The SMILES string of the molecule is CNc1ccc(/C=C/c2ccc(OCc3cn(CCCNC(=O)CN4CCN(CC(=O)O)CCN(CC(=O)O)CCN(CC(=O)O)CC4)nn3)cc2)cc1. The number of aryl methyl sites for hydroxylation is 1. The van der Waals surface area contributed by atoms with Crippen molar-refractivity contribution in [2.75, 3.05) is 97.4 Å². The molecule has 1 fully saturated rings. The van der Waals surface area contributed by atoms with E-state index in [-0.39, 0.29) is 38.7 Å². The predicted molar refractivity (Wildman–Crippen MR) is 202 cm³/mol. The number of hydrogen-bond donors (Lipinski definition) is 5. The van der Waals surface area contributed by atoms with Crippen LogP contribution in [0.5, 0.6) is 5.75 Å². The van der Waals surface area contributed by atoms with Crippen molar-refractivity contribution >= 4 is 41.7 Å². The average Bonchev–Trinajstić information content (AvgIpc) is 3.60. The Morgan fingerprint density at radius 2 is 1.17 bits per heavy atom. The summed E-state index contributed by atoms with van der Waals surface area (Å²) < 4.78 is 7.59. The molecule has 1 saturated heterocycles. The number of amides is 1. The first-order valence-corrected chi connectivity index (χ1v) is 17.9. The molecule has 5 N–H and O–H groups in total. The number of carboxylic acids is 3. The number of rotatable bonds is 18. The maximum absolute atomic E-state index is 12.9. The lowest BCUT2D eigenvalue weighted by Crippen LogP contribution is -2.49. The maximum Gasteiger partial charge on any atom is 0.317 e. The molecule has 2 aromatic carbocycles. The van der Waals surface area contributed by atoms with Crippen molar-refractivity contribution in [3.63, 3.8) is 0 Å². The van der Waals surface area contributed by atoms with Crippen LogP contribution in [0.2, 0.25) is 0 Å². The van der Waals surface area contributed by atoms with Gasteiger partial charge in [-0.25, -0.2) is 0 Å². The van der Waals surface area contributed by atoms with E-state index < -0.39 is 17.9 Å². The standard InChI is InChI=1S/C37H51N9O8/c1-38-31-9-5-29(6-10-31)3-4-30-7-11-33(12-8-30)54-28-32-23-46(41-40-32)14-2-13-39-34(47)24-42-15-17-43(25-35(48)49)19-21-45(27-37(52)53)22-20-44(18-16-42)26-36(50)51/h3-12,23,38H,2,13-22,24-28H2,1H3,(H,39,47)(H,48,49)(H,50,51)(H,52,53)/b4-3+. The molecule has 0 unspecified atom stereocenters. The van der Waals surface area contributed by atoms with Crippen LogP contribution in [-0.2, 0) is 32.3 Å². The van der Waals surface area contributed by atoms with E-state index in [2.05, 4.69) is 39.2 Å². The number of nitrogens with one attached hydrogen (secondary N) is 2. The van der Waals surface area contributed by atoms with Gasteiger partial charge in [0.2, 0.25) is 5.91 Å². The number of nitrogens with zero attached hydrogens (tertiary/aromatic N) is 7. The van der Waals surface area contributed by atoms with Gasteiger partial charge in [-0.15, -0.1) is 5.10 Å².